The second-order valence-corrected chi connectivity index (χ2v) is 9.14. The standard InChI is InChI=1S/C26H39F/c1-3-5-20-9-14-23(15-10-20)24-16-11-21(12-17-24)7-8-22-13-18-25(6-4-2)26(27)19-22/h11,13,18-20,23-24H,3-10,12,14-17H2,1-2H3/t20-,23-,24?. The van der Waals surface area contributed by atoms with Crippen molar-refractivity contribution in [2.45, 2.75) is 97.3 Å². The molecule has 1 saturated carbocycles. The molecule has 0 radical (unpaired) electrons. The van der Waals surface area contributed by atoms with Gasteiger partial charge in [-0.25, -0.2) is 4.39 Å². The van der Waals surface area contributed by atoms with Crippen molar-refractivity contribution in [2.75, 3.05) is 0 Å². The normalized spacial score (nSPS) is 26.0. The predicted molar refractivity (Wildman–Crippen MR) is 114 cm³/mol. The molecule has 1 aromatic carbocycles. The molecule has 0 amide bonds. The molecule has 0 aliphatic heterocycles. The minimum atomic E-state index is -0.00860. The second kappa shape index (κ2) is 10.4. The Hall–Kier alpha value is -1.11. The zero-order valence-corrected chi connectivity index (χ0v) is 17.6. The van der Waals surface area contributed by atoms with E-state index in [0.29, 0.717) is 0 Å². The summed E-state index contributed by atoms with van der Waals surface area (Å²) in [6.07, 6.45) is 19.1. The molecule has 0 saturated heterocycles. The molecule has 3 rings (SSSR count). The van der Waals surface area contributed by atoms with Gasteiger partial charge in [0, 0.05) is 0 Å². The molecular formula is C26H39F. The summed E-state index contributed by atoms with van der Waals surface area (Å²) in [5.41, 5.74) is 3.64. The highest BCUT2D eigenvalue weighted by atomic mass is 19.1. The van der Waals surface area contributed by atoms with E-state index in [1.54, 1.807) is 11.6 Å². The topological polar surface area (TPSA) is 0 Å². The second-order valence-electron chi connectivity index (χ2n) is 9.14. The lowest BCUT2D eigenvalue weighted by Crippen LogP contribution is -2.23. The fourth-order valence-electron chi connectivity index (χ4n) is 5.44. The lowest BCUT2D eigenvalue weighted by atomic mass is 9.70. The Balaban J connectivity index is 1.44. The van der Waals surface area contributed by atoms with Crippen LogP contribution in [0.3, 0.4) is 0 Å². The van der Waals surface area contributed by atoms with E-state index in [1.165, 1.54) is 57.8 Å². The maximum Gasteiger partial charge on any atom is 0.126 e. The summed E-state index contributed by atoms with van der Waals surface area (Å²) in [5, 5.41) is 0. The summed E-state index contributed by atoms with van der Waals surface area (Å²) >= 11 is 0. The van der Waals surface area contributed by atoms with E-state index in [9.17, 15) is 4.39 Å². The van der Waals surface area contributed by atoms with E-state index < -0.39 is 0 Å². The number of halogens is 1. The summed E-state index contributed by atoms with van der Waals surface area (Å²) in [6, 6.07) is 5.90. The van der Waals surface area contributed by atoms with Crippen LogP contribution in [0.1, 0.15) is 95.6 Å². The molecule has 0 aromatic heterocycles. The van der Waals surface area contributed by atoms with Crippen LogP contribution in [0.25, 0.3) is 0 Å². The van der Waals surface area contributed by atoms with Crippen LogP contribution in [0.5, 0.6) is 0 Å². The average molecular weight is 371 g/mol. The fraction of sp³-hybridized carbons (Fsp3) is 0.692. The van der Waals surface area contributed by atoms with E-state index in [1.807, 2.05) is 6.07 Å². The maximum absolute atomic E-state index is 14.1. The van der Waals surface area contributed by atoms with Gasteiger partial charge in [0.05, 0.1) is 0 Å². The van der Waals surface area contributed by atoms with Crippen LogP contribution in [0.4, 0.5) is 4.39 Å². The molecule has 1 unspecified atom stereocenters. The minimum absolute atomic E-state index is 0.00860. The van der Waals surface area contributed by atoms with Gasteiger partial charge in [0.2, 0.25) is 0 Å². The summed E-state index contributed by atoms with van der Waals surface area (Å²) in [7, 11) is 0. The molecule has 0 spiro atoms. The number of hydrogen-bond acceptors (Lipinski definition) is 0. The number of hydrogen-bond donors (Lipinski definition) is 0. The lowest BCUT2D eigenvalue weighted by Gasteiger charge is -2.35. The highest BCUT2D eigenvalue weighted by Gasteiger charge is 2.28. The molecule has 2 aliphatic rings. The quantitative estimate of drug-likeness (QED) is 0.406. The SMILES string of the molecule is CCCc1ccc(CCC2=CCC([C@H]3CC[C@H](CCC)CC3)CC2)cc1F. The van der Waals surface area contributed by atoms with Crippen molar-refractivity contribution in [3.8, 4) is 0 Å². The maximum atomic E-state index is 14.1. The molecule has 2 aliphatic carbocycles. The van der Waals surface area contributed by atoms with Crippen LogP contribution in [-0.2, 0) is 12.8 Å². The molecule has 0 bridgehead atoms. The van der Waals surface area contributed by atoms with Gasteiger partial charge in [-0.2, -0.15) is 0 Å². The molecule has 1 atom stereocenters. The van der Waals surface area contributed by atoms with Gasteiger partial charge in [0.25, 0.3) is 0 Å². The molecular weight excluding hydrogens is 331 g/mol. The molecule has 0 heterocycles. The third-order valence-corrected chi connectivity index (χ3v) is 7.17. The van der Waals surface area contributed by atoms with Crippen molar-refractivity contribution in [1.82, 2.24) is 0 Å². The Morgan fingerprint density at radius 1 is 0.889 bits per heavy atom. The predicted octanol–water partition coefficient (Wildman–Crippen LogP) is 8.04. The zero-order valence-electron chi connectivity index (χ0n) is 17.6. The highest BCUT2D eigenvalue weighted by Crippen LogP contribution is 2.41. The lowest BCUT2D eigenvalue weighted by molar-refractivity contribution is 0.186. The van der Waals surface area contributed by atoms with Gasteiger partial charge in [0.15, 0.2) is 0 Å². The first-order chi connectivity index (χ1) is 13.2. The van der Waals surface area contributed by atoms with Crippen LogP contribution >= 0.6 is 0 Å². The Kier molecular flexibility index (Phi) is 7.97. The van der Waals surface area contributed by atoms with E-state index in [2.05, 4.69) is 26.0 Å². The van der Waals surface area contributed by atoms with Crippen molar-refractivity contribution in [1.29, 1.82) is 0 Å². The van der Waals surface area contributed by atoms with Crippen molar-refractivity contribution < 1.29 is 4.39 Å². The molecule has 1 fully saturated rings. The fourth-order valence-corrected chi connectivity index (χ4v) is 5.44. The average Bonchev–Trinajstić information content (AvgIpc) is 2.70. The largest absolute Gasteiger partial charge is 0.207 e. The first-order valence-corrected chi connectivity index (χ1v) is 11.6. The Bertz CT molecular complexity index is 607. The van der Waals surface area contributed by atoms with Gasteiger partial charge in [0.1, 0.15) is 5.82 Å². The number of rotatable bonds is 8. The third kappa shape index (κ3) is 5.93. The number of aryl methyl sites for hydroxylation is 2. The van der Waals surface area contributed by atoms with Crippen LogP contribution in [0.2, 0.25) is 0 Å². The highest BCUT2D eigenvalue weighted by molar-refractivity contribution is 5.25. The third-order valence-electron chi connectivity index (χ3n) is 7.17. The van der Waals surface area contributed by atoms with Crippen molar-refractivity contribution in [2.24, 2.45) is 17.8 Å². The Morgan fingerprint density at radius 2 is 1.70 bits per heavy atom. The van der Waals surface area contributed by atoms with Crippen LogP contribution in [0.15, 0.2) is 29.8 Å². The monoisotopic (exact) mass is 370 g/mol. The molecule has 0 nitrogen and oxygen atoms in total. The van der Waals surface area contributed by atoms with Gasteiger partial charge >= 0.3 is 0 Å². The summed E-state index contributed by atoms with van der Waals surface area (Å²) in [4.78, 5) is 0. The summed E-state index contributed by atoms with van der Waals surface area (Å²) < 4.78 is 14.1. The molecule has 27 heavy (non-hydrogen) atoms. The van der Waals surface area contributed by atoms with Gasteiger partial charge < -0.3 is 0 Å². The molecule has 1 heteroatoms. The number of allylic oxidation sites excluding steroid dienone is 2. The van der Waals surface area contributed by atoms with Gasteiger partial charge in [-0.05, 0) is 86.3 Å². The molecule has 0 N–H and O–H groups in total. The zero-order chi connectivity index (χ0) is 19.1. The van der Waals surface area contributed by atoms with Gasteiger partial charge in [-0.3, -0.25) is 0 Å². The Morgan fingerprint density at radius 3 is 2.33 bits per heavy atom. The van der Waals surface area contributed by atoms with Gasteiger partial charge in [-0.1, -0.05) is 69.7 Å². The van der Waals surface area contributed by atoms with E-state index in [0.717, 1.165) is 54.6 Å². The van der Waals surface area contributed by atoms with Crippen LogP contribution in [-0.4, -0.2) is 0 Å². The van der Waals surface area contributed by atoms with E-state index in [-0.39, 0.29) is 5.82 Å². The summed E-state index contributed by atoms with van der Waals surface area (Å²) in [6.45, 7) is 4.43. The van der Waals surface area contributed by atoms with E-state index >= 15 is 0 Å². The first kappa shape index (κ1) is 20.6. The van der Waals surface area contributed by atoms with E-state index in [4.69, 9.17) is 0 Å². The number of benzene rings is 1. The summed E-state index contributed by atoms with van der Waals surface area (Å²) in [5.74, 6) is 2.92. The molecule has 150 valence electrons. The minimum Gasteiger partial charge on any atom is -0.207 e. The van der Waals surface area contributed by atoms with Crippen molar-refractivity contribution in [3.05, 3.63) is 46.8 Å². The molecule has 1 aromatic rings. The van der Waals surface area contributed by atoms with Crippen molar-refractivity contribution >= 4 is 0 Å². The first-order valence-electron chi connectivity index (χ1n) is 11.6. The smallest absolute Gasteiger partial charge is 0.126 e. The van der Waals surface area contributed by atoms with Crippen LogP contribution < -0.4 is 0 Å². The van der Waals surface area contributed by atoms with Crippen molar-refractivity contribution in [3.63, 3.8) is 0 Å². The van der Waals surface area contributed by atoms with Gasteiger partial charge in [-0.15, -0.1) is 0 Å². The Labute approximate surface area is 166 Å². The van der Waals surface area contributed by atoms with Crippen LogP contribution in [0, 0.1) is 23.6 Å².